The number of hydrogen-bond donors (Lipinski definition) is 1. The Labute approximate surface area is 169 Å². The Morgan fingerprint density at radius 2 is 1.75 bits per heavy atom. The van der Waals surface area contributed by atoms with E-state index in [0.29, 0.717) is 0 Å². The minimum absolute atomic E-state index is 0.0544. The Kier molecular flexibility index (Phi) is 8.79. The molecule has 0 aliphatic carbocycles. The fourth-order valence-electron chi connectivity index (χ4n) is 3.27. The quantitative estimate of drug-likeness (QED) is 0.546. The Morgan fingerprint density at radius 3 is 2.36 bits per heavy atom. The van der Waals surface area contributed by atoms with Crippen molar-refractivity contribution in [3.8, 4) is 11.5 Å². The van der Waals surface area contributed by atoms with Crippen LogP contribution in [0.5, 0.6) is 11.5 Å². The summed E-state index contributed by atoms with van der Waals surface area (Å²) in [5.74, 6) is 1.69. The van der Waals surface area contributed by atoms with E-state index < -0.39 is 0 Å². The Hall–Kier alpha value is -2.56. The lowest BCUT2D eigenvalue weighted by Crippen LogP contribution is -2.34. The molecule has 0 spiro atoms. The van der Waals surface area contributed by atoms with Gasteiger partial charge < -0.3 is 14.4 Å². The van der Waals surface area contributed by atoms with Gasteiger partial charge in [-0.1, -0.05) is 26.7 Å². The van der Waals surface area contributed by atoms with Gasteiger partial charge >= 0.3 is 0 Å². The summed E-state index contributed by atoms with van der Waals surface area (Å²) in [4.78, 5) is 2.40. The molecule has 5 heteroatoms. The highest BCUT2D eigenvalue weighted by atomic mass is 16.5. The summed E-state index contributed by atoms with van der Waals surface area (Å²) in [6.45, 7) is 8.31. The maximum Gasteiger partial charge on any atom is 0.133 e. The highest BCUT2D eigenvalue weighted by Crippen LogP contribution is 2.27. The molecule has 152 valence electrons. The van der Waals surface area contributed by atoms with Crippen LogP contribution in [-0.4, -0.2) is 26.3 Å². The Balaban J connectivity index is 2.13. The highest BCUT2D eigenvalue weighted by Gasteiger charge is 2.15. The van der Waals surface area contributed by atoms with E-state index in [1.165, 1.54) is 11.3 Å². The van der Waals surface area contributed by atoms with E-state index >= 15 is 0 Å². The summed E-state index contributed by atoms with van der Waals surface area (Å²) in [5.41, 5.74) is 8.84. The number of nitrogens with two attached hydrogens (primary N) is 1. The van der Waals surface area contributed by atoms with Gasteiger partial charge in [0.1, 0.15) is 23.3 Å². The molecular weight excluding hydrogens is 350 g/mol. The van der Waals surface area contributed by atoms with Gasteiger partial charge in [-0.15, -0.1) is 0 Å². The molecular formula is C23H34N3O2+. The zero-order valence-corrected chi connectivity index (χ0v) is 17.6. The van der Waals surface area contributed by atoms with Gasteiger partial charge in [0.05, 0.1) is 13.7 Å². The molecule has 0 aromatic heterocycles. The normalized spacial score (nSPS) is 11.7. The van der Waals surface area contributed by atoms with E-state index in [9.17, 15) is 0 Å². The molecule has 0 saturated carbocycles. The molecule has 2 N–H and O–H groups in total. The molecule has 28 heavy (non-hydrogen) atoms. The first-order valence-corrected chi connectivity index (χ1v) is 10.2. The second-order valence-electron chi connectivity index (χ2n) is 7.10. The van der Waals surface area contributed by atoms with Crippen LogP contribution in [-0.2, 0) is 6.42 Å². The largest absolute Gasteiger partial charge is 0.497 e. The lowest BCUT2D eigenvalue weighted by Gasteiger charge is -2.29. The second-order valence-corrected chi connectivity index (χ2v) is 7.10. The van der Waals surface area contributed by atoms with Crippen molar-refractivity contribution in [2.24, 2.45) is 5.11 Å². The maximum atomic E-state index is 6.13. The van der Waals surface area contributed by atoms with Gasteiger partial charge in [-0.3, -0.25) is 0 Å². The van der Waals surface area contributed by atoms with Crippen LogP contribution in [0, 0.1) is 0 Å². The fraction of sp³-hybridized carbons (Fsp3) is 0.478. The smallest absolute Gasteiger partial charge is 0.133 e. The van der Waals surface area contributed by atoms with Crippen LogP contribution in [0.4, 0.5) is 11.4 Å². The lowest BCUT2D eigenvalue weighted by molar-refractivity contribution is -0.210. The number of nitrogens with zero attached hydrogens (tertiary/aromatic N) is 2. The van der Waals surface area contributed by atoms with Crippen LogP contribution >= 0.6 is 0 Å². The summed E-state index contributed by atoms with van der Waals surface area (Å²) < 4.78 is 11.3. The van der Waals surface area contributed by atoms with Crippen LogP contribution in [0.2, 0.25) is 0 Å². The molecule has 2 aromatic carbocycles. The van der Waals surface area contributed by atoms with Crippen molar-refractivity contribution in [3.63, 3.8) is 0 Å². The number of methoxy groups -OCH3 is 1. The third-order valence-corrected chi connectivity index (χ3v) is 4.74. The van der Waals surface area contributed by atoms with Crippen molar-refractivity contribution >= 4 is 11.4 Å². The van der Waals surface area contributed by atoms with Gasteiger partial charge in [0.15, 0.2) is 0 Å². The first-order chi connectivity index (χ1) is 13.6. The second kappa shape index (κ2) is 11.3. The minimum Gasteiger partial charge on any atom is -0.497 e. The van der Waals surface area contributed by atoms with Crippen LogP contribution in [0.3, 0.4) is 0 Å². The van der Waals surface area contributed by atoms with E-state index in [0.717, 1.165) is 56.0 Å². The number of hydrogen-bond acceptors (Lipinski definition) is 4. The van der Waals surface area contributed by atoms with Crippen molar-refractivity contribution in [1.29, 1.82) is 0 Å². The highest BCUT2D eigenvalue weighted by molar-refractivity contribution is 5.58. The Bertz CT molecular complexity index is 731. The molecule has 0 amide bonds. The molecule has 2 aromatic rings. The molecule has 0 heterocycles. The molecule has 0 saturated heterocycles. The SMILES string of the molecule is CCCCN(CC(C)Oc1ccc(OC)cc1)c1ccc(N=[NH2+])c(CCC)c1. The van der Waals surface area contributed by atoms with Crippen molar-refractivity contribution in [3.05, 3.63) is 48.0 Å². The van der Waals surface area contributed by atoms with Crippen molar-refractivity contribution in [1.82, 2.24) is 0 Å². The van der Waals surface area contributed by atoms with Gasteiger partial charge in [-0.2, -0.15) is 5.53 Å². The third-order valence-electron chi connectivity index (χ3n) is 4.74. The van der Waals surface area contributed by atoms with E-state index in [1.54, 1.807) is 7.11 Å². The van der Waals surface area contributed by atoms with E-state index in [-0.39, 0.29) is 6.10 Å². The van der Waals surface area contributed by atoms with Gasteiger partial charge in [0, 0.05) is 12.2 Å². The molecule has 0 fully saturated rings. The van der Waals surface area contributed by atoms with E-state index in [1.807, 2.05) is 30.3 Å². The lowest BCUT2D eigenvalue weighted by atomic mass is 10.1. The monoisotopic (exact) mass is 384 g/mol. The summed E-state index contributed by atoms with van der Waals surface area (Å²) in [5, 5.41) is 3.93. The topological polar surface area (TPSA) is 59.7 Å². The van der Waals surface area contributed by atoms with Gasteiger partial charge in [0.25, 0.3) is 0 Å². The third kappa shape index (κ3) is 6.25. The summed E-state index contributed by atoms with van der Waals surface area (Å²) in [6, 6.07) is 14.1. The number of anilines is 1. The predicted octanol–water partition coefficient (Wildman–Crippen LogP) is 4.56. The first-order valence-electron chi connectivity index (χ1n) is 10.2. The van der Waals surface area contributed by atoms with Crippen LogP contribution in [0.1, 0.15) is 45.6 Å². The number of aryl methyl sites for hydroxylation is 1. The maximum absolute atomic E-state index is 6.13. The average molecular weight is 385 g/mol. The molecule has 1 atom stereocenters. The number of ether oxygens (including phenoxy) is 2. The van der Waals surface area contributed by atoms with Crippen LogP contribution < -0.4 is 19.9 Å². The van der Waals surface area contributed by atoms with Crippen molar-refractivity contribution in [2.75, 3.05) is 25.1 Å². The van der Waals surface area contributed by atoms with Gasteiger partial charge in [-0.05, 0) is 72.9 Å². The van der Waals surface area contributed by atoms with Crippen molar-refractivity contribution in [2.45, 2.75) is 52.6 Å². The summed E-state index contributed by atoms with van der Waals surface area (Å²) in [6.07, 6.45) is 4.39. The van der Waals surface area contributed by atoms with Crippen LogP contribution in [0.15, 0.2) is 47.6 Å². The number of unbranched alkanes of at least 4 members (excludes halogenated alkanes) is 1. The zero-order valence-electron chi connectivity index (χ0n) is 17.6. The van der Waals surface area contributed by atoms with E-state index in [2.05, 4.69) is 42.9 Å². The molecule has 0 aliphatic heterocycles. The van der Waals surface area contributed by atoms with Crippen LogP contribution in [0.25, 0.3) is 0 Å². The Morgan fingerprint density at radius 1 is 1.04 bits per heavy atom. The molecule has 0 bridgehead atoms. The molecule has 0 aliphatic rings. The molecule has 2 rings (SSSR count). The summed E-state index contributed by atoms with van der Waals surface area (Å²) >= 11 is 0. The molecule has 0 radical (unpaired) electrons. The van der Waals surface area contributed by atoms with Gasteiger partial charge in [-0.25, -0.2) is 0 Å². The van der Waals surface area contributed by atoms with E-state index in [4.69, 9.17) is 15.0 Å². The zero-order chi connectivity index (χ0) is 20.4. The first kappa shape index (κ1) is 21.7. The van der Waals surface area contributed by atoms with Crippen molar-refractivity contribution < 1.29 is 15.0 Å². The number of benzene rings is 2. The average Bonchev–Trinajstić information content (AvgIpc) is 2.72. The summed E-state index contributed by atoms with van der Waals surface area (Å²) in [7, 11) is 1.67. The fourth-order valence-corrected chi connectivity index (χ4v) is 3.27. The molecule has 5 nitrogen and oxygen atoms in total. The van der Waals surface area contributed by atoms with Gasteiger partial charge in [0.2, 0.25) is 0 Å². The minimum atomic E-state index is 0.0544. The number of rotatable bonds is 12. The predicted molar refractivity (Wildman–Crippen MR) is 115 cm³/mol. The standard InChI is InChI=1S/C23H33N3O2/c1-5-7-15-26(20-9-14-23(25-24)19(16-20)8-6-2)17-18(3)28-22-12-10-21(27-4)11-13-22/h9-14,16,18,24H,5-8,15,17H2,1-4H3/p+1. The molecule has 1 unspecified atom stereocenters.